The normalized spacial score (nSPS) is 17.6. The summed E-state index contributed by atoms with van der Waals surface area (Å²) in [4.78, 5) is 25.6. The molecule has 0 aromatic rings. The number of carboxylic acids is 1. The van der Waals surface area contributed by atoms with Gasteiger partial charge >= 0.3 is 5.97 Å². The number of carbonyl (C=O) groups is 2. The van der Waals surface area contributed by atoms with E-state index < -0.39 is 5.97 Å². The number of terminal acetylenes is 1. The van der Waals surface area contributed by atoms with Crippen LogP contribution in [0.5, 0.6) is 0 Å². The Bertz CT molecular complexity index is 309. The molecule has 0 saturated carbocycles. The van der Waals surface area contributed by atoms with E-state index in [1.54, 1.807) is 4.90 Å². The van der Waals surface area contributed by atoms with Gasteiger partial charge in [0.05, 0.1) is 13.0 Å². The van der Waals surface area contributed by atoms with E-state index in [0.717, 1.165) is 6.42 Å². The summed E-state index contributed by atoms with van der Waals surface area (Å²) in [6.07, 6.45) is 6.00. The molecule has 1 N–H and O–H groups in total. The van der Waals surface area contributed by atoms with Gasteiger partial charge in [-0.15, -0.1) is 6.42 Å². The van der Waals surface area contributed by atoms with Crippen molar-refractivity contribution in [2.45, 2.75) is 12.8 Å². The van der Waals surface area contributed by atoms with Gasteiger partial charge < -0.3 is 10.0 Å². The molecule has 0 unspecified atom stereocenters. The van der Waals surface area contributed by atoms with Crippen molar-refractivity contribution in [1.82, 2.24) is 9.80 Å². The summed E-state index contributed by atoms with van der Waals surface area (Å²) in [5.74, 6) is 1.46. The molecular weight excluding hydrogens is 208 g/mol. The molecule has 5 nitrogen and oxygen atoms in total. The minimum Gasteiger partial charge on any atom is -0.480 e. The Morgan fingerprint density at radius 2 is 2.00 bits per heavy atom. The van der Waals surface area contributed by atoms with Crippen molar-refractivity contribution in [1.29, 1.82) is 0 Å². The lowest BCUT2D eigenvalue weighted by Gasteiger charge is -2.20. The highest BCUT2D eigenvalue weighted by atomic mass is 16.4. The summed E-state index contributed by atoms with van der Waals surface area (Å²) in [6, 6.07) is 0. The molecule has 0 spiro atoms. The van der Waals surface area contributed by atoms with Crippen molar-refractivity contribution in [2.75, 3.05) is 32.7 Å². The summed E-state index contributed by atoms with van der Waals surface area (Å²) in [5.41, 5.74) is 0. The highest BCUT2D eigenvalue weighted by Gasteiger charge is 2.19. The Balaban J connectivity index is 2.43. The Kier molecular flexibility index (Phi) is 4.80. The van der Waals surface area contributed by atoms with Crippen LogP contribution < -0.4 is 0 Å². The van der Waals surface area contributed by atoms with Crippen LogP contribution in [0, 0.1) is 12.3 Å². The molecule has 1 rings (SSSR count). The molecule has 0 atom stereocenters. The molecule has 1 aliphatic rings. The minimum absolute atomic E-state index is 0.0389. The highest BCUT2D eigenvalue weighted by Crippen LogP contribution is 2.04. The van der Waals surface area contributed by atoms with Crippen molar-refractivity contribution in [3.8, 4) is 12.3 Å². The van der Waals surface area contributed by atoms with E-state index in [2.05, 4.69) is 5.92 Å². The zero-order valence-corrected chi connectivity index (χ0v) is 9.19. The fourth-order valence-electron chi connectivity index (χ4n) is 1.77. The van der Waals surface area contributed by atoms with Crippen LogP contribution in [0.1, 0.15) is 12.8 Å². The first kappa shape index (κ1) is 12.5. The Morgan fingerprint density at radius 3 is 2.62 bits per heavy atom. The first-order valence-corrected chi connectivity index (χ1v) is 5.29. The van der Waals surface area contributed by atoms with Gasteiger partial charge in [0.15, 0.2) is 0 Å². The maximum atomic E-state index is 11.5. The van der Waals surface area contributed by atoms with E-state index in [1.807, 2.05) is 4.90 Å². The molecule has 0 bridgehead atoms. The van der Waals surface area contributed by atoms with Crippen molar-refractivity contribution >= 4 is 11.9 Å². The monoisotopic (exact) mass is 224 g/mol. The van der Waals surface area contributed by atoms with Gasteiger partial charge in [0, 0.05) is 26.2 Å². The lowest BCUT2D eigenvalue weighted by atomic mass is 10.3. The first-order chi connectivity index (χ1) is 7.63. The van der Waals surface area contributed by atoms with Crippen molar-refractivity contribution in [3.05, 3.63) is 0 Å². The summed E-state index contributed by atoms with van der Waals surface area (Å²) < 4.78 is 0. The molecule has 5 heteroatoms. The Hall–Kier alpha value is -1.54. The third-order valence-electron chi connectivity index (χ3n) is 2.55. The second-order valence-electron chi connectivity index (χ2n) is 3.79. The first-order valence-electron chi connectivity index (χ1n) is 5.29. The number of hydrogen-bond donors (Lipinski definition) is 1. The average molecular weight is 224 g/mol. The van der Waals surface area contributed by atoms with Crippen LogP contribution in [-0.2, 0) is 9.59 Å². The van der Waals surface area contributed by atoms with Crippen LogP contribution in [0.2, 0.25) is 0 Å². The van der Waals surface area contributed by atoms with E-state index in [0.29, 0.717) is 26.2 Å². The summed E-state index contributed by atoms with van der Waals surface area (Å²) in [5, 5.41) is 8.67. The predicted molar refractivity (Wildman–Crippen MR) is 58.7 cm³/mol. The standard InChI is InChI=1S/C11H16N2O3/c1-2-4-10(14)13-6-3-5-12(7-8-13)9-11(15)16/h1H,3-9H2,(H,15,16). The molecular formula is C11H16N2O3. The minimum atomic E-state index is -0.830. The van der Waals surface area contributed by atoms with Crippen molar-refractivity contribution in [2.24, 2.45) is 0 Å². The molecule has 88 valence electrons. The summed E-state index contributed by atoms with van der Waals surface area (Å²) in [6.45, 7) is 2.58. The highest BCUT2D eigenvalue weighted by molar-refractivity contribution is 5.78. The maximum Gasteiger partial charge on any atom is 0.317 e. The van der Waals surface area contributed by atoms with Crippen LogP contribution in [0.25, 0.3) is 0 Å². The predicted octanol–water partition coefficient (Wildman–Crippen LogP) is -0.371. The van der Waals surface area contributed by atoms with Gasteiger partial charge in [-0.25, -0.2) is 0 Å². The molecule has 1 amide bonds. The lowest BCUT2D eigenvalue weighted by molar-refractivity contribution is -0.138. The number of amides is 1. The summed E-state index contributed by atoms with van der Waals surface area (Å²) in [7, 11) is 0. The number of carbonyl (C=O) groups excluding carboxylic acids is 1. The second kappa shape index (κ2) is 6.13. The molecule has 0 radical (unpaired) electrons. The zero-order valence-electron chi connectivity index (χ0n) is 9.19. The van der Waals surface area contributed by atoms with E-state index in [-0.39, 0.29) is 18.9 Å². The third kappa shape index (κ3) is 3.91. The summed E-state index contributed by atoms with van der Waals surface area (Å²) >= 11 is 0. The molecule has 0 aliphatic carbocycles. The van der Waals surface area contributed by atoms with Gasteiger partial charge in [-0.05, 0) is 6.42 Å². The van der Waals surface area contributed by atoms with Crippen molar-refractivity contribution < 1.29 is 14.7 Å². The maximum absolute atomic E-state index is 11.5. The van der Waals surface area contributed by atoms with Gasteiger partial charge in [-0.2, -0.15) is 0 Å². The molecule has 1 aliphatic heterocycles. The zero-order chi connectivity index (χ0) is 12.0. The van der Waals surface area contributed by atoms with Crippen LogP contribution >= 0.6 is 0 Å². The van der Waals surface area contributed by atoms with Crippen LogP contribution in [0.4, 0.5) is 0 Å². The fourth-order valence-corrected chi connectivity index (χ4v) is 1.77. The fraction of sp³-hybridized carbons (Fsp3) is 0.636. The topological polar surface area (TPSA) is 60.9 Å². The second-order valence-corrected chi connectivity index (χ2v) is 3.79. The van der Waals surface area contributed by atoms with Gasteiger partial charge in [-0.3, -0.25) is 14.5 Å². The van der Waals surface area contributed by atoms with E-state index in [9.17, 15) is 9.59 Å². The quantitative estimate of drug-likeness (QED) is 0.664. The molecule has 1 heterocycles. The van der Waals surface area contributed by atoms with E-state index >= 15 is 0 Å². The largest absolute Gasteiger partial charge is 0.480 e. The third-order valence-corrected chi connectivity index (χ3v) is 2.55. The number of nitrogens with zero attached hydrogens (tertiary/aromatic N) is 2. The lowest BCUT2D eigenvalue weighted by Crippen LogP contribution is -2.36. The molecule has 0 aromatic heterocycles. The van der Waals surface area contributed by atoms with E-state index in [1.165, 1.54) is 0 Å². The van der Waals surface area contributed by atoms with Crippen LogP contribution in [0.15, 0.2) is 0 Å². The molecule has 16 heavy (non-hydrogen) atoms. The van der Waals surface area contributed by atoms with Gasteiger partial charge in [0.1, 0.15) is 0 Å². The molecule has 1 fully saturated rings. The van der Waals surface area contributed by atoms with Crippen LogP contribution in [0.3, 0.4) is 0 Å². The number of rotatable bonds is 3. The number of hydrogen-bond acceptors (Lipinski definition) is 3. The van der Waals surface area contributed by atoms with Gasteiger partial charge in [0.2, 0.25) is 5.91 Å². The number of aliphatic carboxylic acids is 1. The Labute approximate surface area is 95.0 Å². The van der Waals surface area contributed by atoms with Crippen LogP contribution in [-0.4, -0.2) is 59.5 Å². The van der Waals surface area contributed by atoms with Gasteiger partial charge in [0.25, 0.3) is 0 Å². The van der Waals surface area contributed by atoms with Crippen molar-refractivity contribution in [3.63, 3.8) is 0 Å². The Morgan fingerprint density at radius 1 is 1.25 bits per heavy atom. The number of carboxylic acid groups (broad SMARTS) is 1. The molecule has 1 saturated heterocycles. The van der Waals surface area contributed by atoms with E-state index in [4.69, 9.17) is 11.5 Å². The molecule has 0 aromatic carbocycles. The smallest absolute Gasteiger partial charge is 0.317 e. The average Bonchev–Trinajstić information content (AvgIpc) is 2.43. The SMILES string of the molecule is C#CCC(=O)N1CCCN(CC(=O)O)CC1. The van der Waals surface area contributed by atoms with Gasteiger partial charge in [-0.1, -0.05) is 5.92 Å².